The molecule has 0 aliphatic carbocycles. The number of allylic oxidation sites excluding steroid dienone is 2. The topological polar surface area (TPSA) is 3.24 Å². The van der Waals surface area contributed by atoms with E-state index in [9.17, 15) is 0 Å². The molecule has 14 heavy (non-hydrogen) atoms. The molecule has 1 aliphatic heterocycles. The van der Waals surface area contributed by atoms with E-state index in [1.807, 2.05) is 0 Å². The fourth-order valence-corrected chi connectivity index (χ4v) is 6.59. The van der Waals surface area contributed by atoms with Gasteiger partial charge in [0.15, 0.2) is 0 Å². The Labute approximate surface area is 90.8 Å². The third-order valence-corrected chi connectivity index (χ3v) is 9.58. The molecule has 1 atom stereocenters. The van der Waals surface area contributed by atoms with Crippen LogP contribution in [0.25, 0.3) is 0 Å². The molecule has 80 valence electrons. The van der Waals surface area contributed by atoms with Crippen LogP contribution >= 0.6 is 0 Å². The summed E-state index contributed by atoms with van der Waals surface area (Å²) in [5, 5.41) is 1.76. The molecule has 0 fully saturated rings. The highest BCUT2D eigenvalue weighted by atomic mass is 28.3. The van der Waals surface area contributed by atoms with Crippen LogP contribution in [-0.4, -0.2) is 26.6 Å². The van der Waals surface area contributed by atoms with Crippen LogP contribution in [-0.2, 0) is 0 Å². The van der Waals surface area contributed by atoms with Gasteiger partial charge in [-0.3, -0.25) is 0 Å². The van der Waals surface area contributed by atoms with E-state index in [1.54, 1.807) is 10.7 Å². The molecule has 0 aromatic heterocycles. The lowest BCUT2D eigenvalue weighted by Crippen LogP contribution is -2.50. The quantitative estimate of drug-likeness (QED) is 0.644. The van der Waals surface area contributed by atoms with E-state index in [4.69, 9.17) is 0 Å². The van der Waals surface area contributed by atoms with Crippen molar-refractivity contribution in [3.05, 3.63) is 10.7 Å². The van der Waals surface area contributed by atoms with Gasteiger partial charge in [-0.15, -0.1) is 0 Å². The molecule has 1 unspecified atom stereocenters. The fourth-order valence-electron chi connectivity index (χ4n) is 2.97. The number of hydrogen-bond acceptors (Lipinski definition) is 1. The summed E-state index contributed by atoms with van der Waals surface area (Å²) in [6.45, 7) is 12.6. The van der Waals surface area contributed by atoms with E-state index in [0.717, 1.165) is 6.85 Å². The van der Waals surface area contributed by atoms with Gasteiger partial charge in [-0.1, -0.05) is 44.3 Å². The Bertz CT molecular complexity index is 252. The van der Waals surface area contributed by atoms with Crippen LogP contribution in [0.1, 0.15) is 34.1 Å². The maximum absolute atomic E-state index is 2.71. The highest BCUT2D eigenvalue weighted by molar-refractivity contribution is 6.96. The predicted octanol–water partition coefficient (Wildman–Crippen LogP) is 3.34. The Balaban J connectivity index is 3.10. The first kappa shape index (κ1) is 12.1. The first-order valence-electron chi connectivity index (χ1n) is 5.95. The summed E-state index contributed by atoms with van der Waals surface area (Å²) < 4.78 is 2.71. The molecule has 0 aromatic carbocycles. The normalized spacial score (nSPS) is 29.1. The summed E-state index contributed by atoms with van der Waals surface area (Å²) in [7, 11) is 1.12. The number of hydrogen-bond donors (Lipinski definition) is 0. The van der Waals surface area contributed by atoms with Crippen molar-refractivity contribution in [1.29, 1.82) is 0 Å². The Morgan fingerprint density at radius 2 is 1.86 bits per heavy atom. The monoisotopic (exact) mass is 209 g/mol. The third kappa shape index (κ3) is 1.51. The van der Waals surface area contributed by atoms with Crippen molar-refractivity contribution < 1.29 is 0 Å². The highest BCUT2D eigenvalue weighted by Gasteiger charge is 2.45. The largest absolute Gasteiger partial charge is 0.360 e. The summed E-state index contributed by atoms with van der Waals surface area (Å²) in [4.78, 5) is 0. The van der Waals surface area contributed by atoms with E-state index >= 15 is 0 Å². The van der Waals surface area contributed by atoms with Crippen molar-refractivity contribution in [3.63, 3.8) is 0 Å². The van der Waals surface area contributed by atoms with Crippen LogP contribution in [0.2, 0.25) is 18.9 Å². The first-order chi connectivity index (χ1) is 6.52. The minimum atomic E-state index is -1.22. The number of rotatable bonds is 3. The maximum Gasteiger partial charge on any atom is 0.245 e. The molecule has 0 spiro atoms. The Kier molecular flexibility index (Phi) is 3.64. The Morgan fingerprint density at radius 1 is 1.29 bits per heavy atom. The third-order valence-electron chi connectivity index (χ3n) is 4.39. The summed E-state index contributed by atoms with van der Waals surface area (Å²) in [6, 6.07) is 1.36. The van der Waals surface area contributed by atoms with Crippen molar-refractivity contribution in [2.45, 2.75) is 53.0 Å². The Morgan fingerprint density at radius 3 is 2.14 bits per heavy atom. The number of nitrogens with zero attached hydrogens (tertiary/aromatic N) is 1. The predicted molar refractivity (Wildman–Crippen MR) is 69.1 cm³/mol. The van der Waals surface area contributed by atoms with E-state index in [-0.39, 0.29) is 0 Å². The molecular formula is C11H24BNSi. The molecule has 0 radical (unpaired) electrons. The van der Waals surface area contributed by atoms with E-state index in [0.29, 0.717) is 0 Å². The average molecular weight is 209 g/mol. The van der Waals surface area contributed by atoms with Gasteiger partial charge in [0.05, 0.1) is 0 Å². The molecule has 0 amide bonds. The Hall–Kier alpha value is -0.0182. The van der Waals surface area contributed by atoms with Gasteiger partial charge in [-0.25, -0.2) is 0 Å². The SMILES string of the molecule is CCB1C(CC)=C(C)[Si](C)(CC)N1C. The minimum Gasteiger partial charge on any atom is -0.360 e. The van der Waals surface area contributed by atoms with Crippen molar-refractivity contribution in [2.24, 2.45) is 0 Å². The molecule has 0 saturated heterocycles. The summed E-state index contributed by atoms with van der Waals surface area (Å²) in [5.74, 6) is 0. The molecule has 0 aromatic rings. The van der Waals surface area contributed by atoms with Gasteiger partial charge in [-0.05, 0) is 26.4 Å². The summed E-state index contributed by atoms with van der Waals surface area (Å²) >= 11 is 0. The van der Waals surface area contributed by atoms with E-state index in [2.05, 4.69) is 45.8 Å². The van der Waals surface area contributed by atoms with Crippen LogP contribution in [0.5, 0.6) is 0 Å². The van der Waals surface area contributed by atoms with Gasteiger partial charge in [0, 0.05) is 0 Å². The van der Waals surface area contributed by atoms with Gasteiger partial charge in [0.1, 0.15) is 8.24 Å². The molecule has 0 bridgehead atoms. The molecule has 1 nitrogen and oxygen atoms in total. The molecule has 3 heteroatoms. The molecule has 1 rings (SSSR count). The molecule has 1 aliphatic rings. The molecule has 0 saturated carbocycles. The van der Waals surface area contributed by atoms with Crippen molar-refractivity contribution in [2.75, 3.05) is 7.05 Å². The molecule has 0 N–H and O–H groups in total. The van der Waals surface area contributed by atoms with Crippen LogP contribution < -0.4 is 0 Å². The van der Waals surface area contributed by atoms with Crippen molar-refractivity contribution in [1.82, 2.24) is 4.48 Å². The first-order valence-corrected chi connectivity index (χ1v) is 8.61. The second kappa shape index (κ2) is 4.23. The fraction of sp³-hybridized carbons (Fsp3) is 0.818. The highest BCUT2D eigenvalue weighted by Crippen LogP contribution is 2.37. The lowest BCUT2D eigenvalue weighted by Gasteiger charge is -2.34. The smallest absolute Gasteiger partial charge is 0.245 e. The van der Waals surface area contributed by atoms with Crippen LogP contribution in [0.3, 0.4) is 0 Å². The second-order valence-corrected chi connectivity index (χ2v) is 9.38. The maximum atomic E-state index is 2.71. The van der Waals surface area contributed by atoms with Crippen LogP contribution in [0.15, 0.2) is 10.7 Å². The summed E-state index contributed by atoms with van der Waals surface area (Å²) in [5.41, 5.74) is 1.74. The lowest BCUT2D eigenvalue weighted by atomic mass is 9.52. The van der Waals surface area contributed by atoms with Gasteiger partial charge in [0.2, 0.25) is 6.85 Å². The van der Waals surface area contributed by atoms with E-state index < -0.39 is 8.24 Å². The zero-order valence-corrected chi connectivity index (χ0v) is 11.6. The van der Waals surface area contributed by atoms with E-state index in [1.165, 1.54) is 18.8 Å². The lowest BCUT2D eigenvalue weighted by molar-refractivity contribution is 0.776. The van der Waals surface area contributed by atoms with Crippen molar-refractivity contribution >= 4 is 15.1 Å². The van der Waals surface area contributed by atoms with Gasteiger partial charge in [-0.2, -0.15) is 0 Å². The zero-order valence-electron chi connectivity index (χ0n) is 10.6. The standard InChI is InChI=1S/C11H24BNSi/c1-7-11-10(4)14(6,9-3)13(5)12(11)8-2/h7-9H2,1-6H3. The summed E-state index contributed by atoms with van der Waals surface area (Å²) in [6.07, 6.45) is 2.52. The van der Waals surface area contributed by atoms with Crippen molar-refractivity contribution in [3.8, 4) is 0 Å². The second-order valence-electron chi connectivity index (χ2n) is 4.67. The molecular weight excluding hydrogens is 185 g/mol. The van der Waals surface area contributed by atoms with Crippen LogP contribution in [0.4, 0.5) is 0 Å². The van der Waals surface area contributed by atoms with Gasteiger partial charge in [0.25, 0.3) is 0 Å². The van der Waals surface area contributed by atoms with Crippen LogP contribution in [0, 0.1) is 0 Å². The average Bonchev–Trinajstić information content (AvgIpc) is 2.39. The molecule has 1 heterocycles. The van der Waals surface area contributed by atoms with Gasteiger partial charge >= 0.3 is 0 Å². The van der Waals surface area contributed by atoms with Gasteiger partial charge < -0.3 is 4.48 Å². The minimum absolute atomic E-state index is 0.747. The zero-order chi connectivity index (χ0) is 10.9.